The van der Waals surface area contributed by atoms with Gasteiger partial charge in [0, 0.05) is 0 Å². The Morgan fingerprint density at radius 2 is 1.62 bits per heavy atom. The molecule has 0 aromatic rings. The fraction of sp³-hybridized carbons (Fsp3) is 1.00. The van der Waals surface area contributed by atoms with Crippen molar-refractivity contribution in [2.24, 2.45) is 17.6 Å². The van der Waals surface area contributed by atoms with Crippen LogP contribution >= 0.6 is 0 Å². The lowest BCUT2D eigenvalue weighted by Crippen LogP contribution is -2.23. The van der Waals surface area contributed by atoms with Gasteiger partial charge in [0.05, 0.1) is 0 Å². The molecule has 2 heteroatoms. The molecule has 2 nitrogen and oxygen atoms in total. The standard InChI is InChI=1S/C14H32N2/c1-13(2)8-6-4-5-7-11-16-12-14(3)9-10-15/h13-14,16H,4-12,15H2,1-3H3. The van der Waals surface area contributed by atoms with Gasteiger partial charge in [0.25, 0.3) is 0 Å². The molecule has 0 saturated carbocycles. The minimum absolute atomic E-state index is 0.728. The number of rotatable bonds is 11. The molecule has 98 valence electrons. The van der Waals surface area contributed by atoms with E-state index in [1.807, 2.05) is 0 Å². The lowest BCUT2D eigenvalue weighted by molar-refractivity contribution is 0.470. The minimum Gasteiger partial charge on any atom is -0.330 e. The van der Waals surface area contributed by atoms with Gasteiger partial charge in [0.2, 0.25) is 0 Å². The molecule has 0 heterocycles. The molecular weight excluding hydrogens is 196 g/mol. The predicted octanol–water partition coefficient (Wildman–Crippen LogP) is 3.17. The van der Waals surface area contributed by atoms with Crippen LogP contribution < -0.4 is 11.1 Å². The number of nitrogens with one attached hydrogen (secondary N) is 1. The second kappa shape index (κ2) is 11.4. The van der Waals surface area contributed by atoms with E-state index in [9.17, 15) is 0 Å². The summed E-state index contributed by atoms with van der Waals surface area (Å²) in [5.74, 6) is 1.60. The summed E-state index contributed by atoms with van der Waals surface area (Å²) in [4.78, 5) is 0. The van der Waals surface area contributed by atoms with Crippen LogP contribution in [0.25, 0.3) is 0 Å². The van der Waals surface area contributed by atoms with E-state index < -0.39 is 0 Å². The molecule has 0 aliphatic heterocycles. The maximum Gasteiger partial charge on any atom is -0.00227 e. The van der Waals surface area contributed by atoms with E-state index in [2.05, 4.69) is 26.1 Å². The monoisotopic (exact) mass is 228 g/mol. The van der Waals surface area contributed by atoms with Gasteiger partial charge < -0.3 is 11.1 Å². The highest BCUT2D eigenvalue weighted by molar-refractivity contribution is 4.58. The molecule has 1 unspecified atom stereocenters. The second-order valence-corrected chi connectivity index (χ2v) is 5.48. The molecule has 0 saturated heterocycles. The molecular formula is C14H32N2. The van der Waals surface area contributed by atoms with Crippen molar-refractivity contribution >= 4 is 0 Å². The topological polar surface area (TPSA) is 38.0 Å². The lowest BCUT2D eigenvalue weighted by Gasteiger charge is -2.11. The summed E-state index contributed by atoms with van der Waals surface area (Å²) in [5, 5.41) is 3.51. The predicted molar refractivity (Wildman–Crippen MR) is 73.6 cm³/mol. The molecule has 0 amide bonds. The summed E-state index contributed by atoms with van der Waals surface area (Å²) in [6, 6.07) is 0. The maximum absolute atomic E-state index is 5.51. The summed E-state index contributed by atoms with van der Waals surface area (Å²) in [6.45, 7) is 10.0. The number of nitrogens with two attached hydrogens (primary N) is 1. The average Bonchev–Trinajstić information content (AvgIpc) is 2.22. The molecule has 0 bridgehead atoms. The van der Waals surface area contributed by atoms with Crippen molar-refractivity contribution < 1.29 is 0 Å². The van der Waals surface area contributed by atoms with Crippen LogP contribution in [0.3, 0.4) is 0 Å². The van der Waals surface area contributed by atoms with Crippen LogP contribution in [0.2, 0.25) is 0 Å². The van der Waals surface area contributed by atoms with E-state index in [1.165, 1.54) is 38.6 Å². The summed E-state index contributed by atoms with van der Waals surface area (Å²) in [7, 11) is 0. The highest BCUT2D eigenvalue weighted by atomic mass is 14.8. The number of hydrogen-bond donors (Lipinski definition) is 2. The molecule has 0 aromatic heterocycles. The highest BCUT2D eigenvalue weighted by Crippen LogP contribution is 2.09. The van der Waals surface area contributed by atoms with Crippen molar-refractivity contribution in [3.63, 3.8) is 0 Å². The Labute approximate surface area is 102 Å². The Hall–Kier alpha value is -0.0800. The van der Waals surface area contributed by atoms with Crippen molar-refractivity contribution in [2.75, 3.05) is 19.6 Å². The number of unbranched alkanes of at least 4 members (excludes halogenated alkanes) is 3. The maximum atomic E-state index is 5.51. The van der Waals surface area contributed by atoms with Crippen LogP contribution in [-0.2, 0) is 0 Å². The molecule has 0 aliphatic carbocycles. The first kappa shape index (κ1) is 15.9. The Balaban J connectivity index is 3.04. The first-order valence-corrected chi connectivity index (χ1v) is 7.07. The van der Waals surface area contributed by atoms with Crippen molar-refractivity contribution in [1.82, 2.24) is 5.32 Å². The van der Waals surface area contributed by atoms with Gasteiger partial charge in [0.1, 0.15) is 0 Å². The van der Waals surface area contributed by atoms with Crippen LogP contribution in [0.1, 0.15) is 59.3 Å². The fourth-order valence-electron chi connectivity index (χ4n) is 1.89. The average molecular weight is 228 g/mol. The van der Waals surface area contributed by atoms with E-state index in [0.717, 1.165) is 31.3 Å². The van der Waals surface area contributed by atoms with Crippen molar-refractivity contribution in [3.8, 4) is 0 Å². The first-order chi connectivity index (χ1) is 7.66. The first-order valence-electron chi connectivity index (χ1n) is 7.07. The zero-order chi connectivity index (χ0) is 12.2. The molecule has 0 spiro atoms. The Morgan fingerprint density at radius 3 is 2.25 bits per heavy atom. The van der Waals surface area contributed by atoms with Crippen LogP contribution in [0.5, 0.6) is 0 Å². The van der Waals surface area contributed by atoms with Gasteiger partial charge in [-0.3, -0.25) is 0 Å². The molecule has 0 aromatic carbocycles. The largest absolute Gasteiger partial charge is 0.330 e. The zero-order valence-electron chi connectivity index (χ0n) is 11.6. The van der Waals surface area contributed by atoms with E-state index in [0.29, 0.717) is 0 Å². The molecule has 0 rings (SSSR count). The molecule has 0 fully saturated rings. The van der Waals surface area contributed by atoms with Crippen molar-refractivity contribution in [1.29, 1.82) is 0 Å². The Kier molecular flexibility index (Phi) is 11.3. The number of hydrogen-bond acceptors (Lipinski definition) is 2. The third-order valence-corrected chi connectivity index (χ3v) is 3.04. The normalized spacial score (nSPS) is 13.3. The molecule has 0 aliphatic rings. The van der Waals surface area contributed by atoms with E-state index in [4.69, 9.17) is 5.73 Å². The lowest BCUT2D eigenvalue weighted by atomic mass is 10.0. The van der Waals surface area contributed by atoms with Gasteiger partial charge in [-0.1, -0.05) is 46.5 Å². The molecule has 3 N–H and O–H groups in total. The Bertz CT molecular complexity index is 135. The summed E-state index contributed by atoms with van der Waals surface area (Å²) in [5.41, 5.74) is 5.51. The summed E-state index contributed by atoms with van der Waals surface area (Å²) >= 11 is 0. The molecule has 0 radical (unpaired) electrons. The van der Waals surface area contributed by atoms with Gasteiger partial charge in [-0.05, 0) is 44.3 Å². The summed E-state index contributed by atoms with van der Waals surface area (Å²) in [6.07, 6.45) is 8.04. The second-order valence-electron chi connectivity index (χ2n) is 5.48. The molecule has 1 atom stereocenters. The van der Waals surface area contributed by atoms with Gasteiger partial charge in [-0.2, -0.15) is 0 Å². The SMILES string of the molecule is CC(C)CCCCCCNCC(C)CCN. The zero-order valence-corrected chi connectivity index (χ0v) is 11.6. The third kappa shape index (κ3) is 12.0. The summed E-state index contributed by atoms with van der Waals surface area (Å²) < 4.78 is 0. The van der Waals surface area contributed by atoms with E-state index in [-0.39, 0.29) is 0 Å². The molecule has 16 heavy (non-hydrogen) atoms. The smallest absolute Gasteiger partial charge is 0.00227 e. The minimum atomic E-state index is 0.728. The van der Waals surface area contributed by atoms with E-state index in [1.54, 1.807) is 0 Å². The van der Waals surface area contributed by atoms with Crippen LogP contribution in [0, 0.1) is 11.8 Å². The fourth-order valence-corrected chi connectivity index (χ4v) is 1.89. The van der Waals surface area contributed by atoms with Crippen molar-refractivity contribution in [2.45, 2.75) is 59.3 Å². The van der Waals surface area contributed by atoms with Crippen molar-refractivity contribution in [3.05, 3.63) is 0 Å². The quantitative estimate of drug-likeness (QED) is 0.533. The van der Waals surface area contributed by atoms with Crippen LogP contribution in [0.4, 0.5) is 0 Å². The van der Waals surface area contributed by atoms with Gasteiger partial charge in [0.15, 0.2) is 0 Å². The highest BCUT2D eigenvalue weighted by Gasteiger charge is 1.99. The van der Waals surface area contributed by atoms with E-state index >= 15 is 0 Å². The third-order valence-electron chi connectivity index (χ3n) is 3.04. The Morgan fingerprint density at radius 1 is 0.938 bits per heavy atom. The van der Waals surface area contributed by atoms with Gasteiger partial charge in [-0.25, -0.2) is 0 Å². The van der Waals surface area contributed by atoms with Crippen LogP contribution in [0.15, 0.2) is 0 Å². The van der Waals surface area contributed by atoms with Gasteiger partial charge in [-0.15, -0.1) is 0 Å². The van der Waals surface area contributed by atoms with Gasteiger partial charge >= 0.3 is 0 Å². The van der Waals surface area contributed by atoms with Crippen LogP contribution in [-0.4, -0.2) is 19.6 Å².